The molecule has 0 aliphatic carbocycles. The molecule has 3 rings (SSSR count). The van der Waals surface area contributed by atoms with Crippen molar-refractivity contribution in [1.29, 1.82) is 0 Å². The average Bonchev–Trinajstić information content (AvgIpc) is 2.81. The van der Waals surface area contributed by atoms with Gasteiger partial charge >= 0.3 is 6.03 Å². The molecule has 0 fully saturated rings. The zero-order valence-corrected chi connectivity index (χ0v) is 17.5. The van der Waals surface area contributed by atoms with Gasteiger partial charge in [0.25, 0.3) is 0 Å². The fraction of sp³-hybridized carbons (Fsp3) is 0.217. The Morgan fingerprint density at radius 3 is 2.37 bits per heavy atom. The van der Waals surface area contributed by atoms with Crippen molar-refractivity contribution in [3.8, 4) is 11.1 Å². The van der Waals surface area contributed by atoms with Crippen molar-refractivity contribution in [2.75, 3.05) is 13.1 Å². The number of amides is 2. The molecule has 1 unspecified atom stereocenters. The summed E-state index contributed by atoms with van der Waals surface area (Å²) in [4.78, 5) is 16.5. The maximum Gasteiger partial charge on any atom is 0.315 e. The highest BCUT2D eigenvalue weighted by Crippen LogP contribution is 2.26. The number of carbonyl (C=O) groups excluding carboxylic acids is 1. The molecule has 6 nitrogen and oxygen atoms in total. The highest BCUT2D eigenvalue weighted by molar-refractivity contribution is 7.89. The van der Waals surface area contributed by atoms with Gasteiger partial charge in [0, 0.05) is 37.6 Å². The van der Waals surface area contributed by atoms with Crippen LogP contribution in [-0.4, -0.2) is 28.7 Å². The molecule has 0 saturated carbocycles. The number of carbonyl (C=O) groups is 1. The summed E-state index contributed by atoms with van der Waals surface area (Å²) in [5.41, 5.74) is 3.02. The van der Waals surface area contributed by atoms with Gasteiger partial charge in [-0.25, -0.2) is 4.79 Å². The standard InChI is InChI=1S/C23H26N4O2S/c28-23(26-18-19-12-16-24-17-13-19)25-14-6-7-15-27-30(29)22-11-5-4-10-21(22)20-8-2-1-3-9-20/h1-5,8-13,16-17,27H,6-7,14-15,18H2,(H2,25,26,28). The van der Waals surface area contributed by atoms with E-state index in [1.165, 1.54) is 0 Å². The first-order valence-electron chi connectivity index (χ1n) is 9.94. The van der Waals surface area contributed by atoms with Gasteiger partial charge in [-0.05, 0) is 48.2 Å². The van der Waals surface area contributed by atoms with Gasteiger partial charge in [-0.1, -0.05) is 42.5 Å². The smallest absolute Gasteiger partial charge is 0.315 e. The second kappa shape index (κ2) is 12.0. The minimum atomic E-state index is -1.29. The van der Waals surface area contributed by atoms with Crippen molar-refractivity contribution in [2.45, 2.75) is 24.3 Å². The zero-order valence-electron chi connectivity index (χ0n) is 16.7. The summed E-state index contributed by atoms with van der Waals surface area (Å²) >= 11 is -1.29. The van der Waals surface area contributed by atoms with Crippen LogP contribution in [0.4, 0.5) is 4.79 Å². The third-order valence-corrected chi connectivity index (χ3v) is 5.72. The molecule has 30 heavy (non-hydrogen) atoms. The Hall–Kier alpha value is -2.87. The Morgan fingerprint density at radius 2 is 1.57 bits per heavy atom. The summed E-state index contributed by atoms with van der Waals surface area (Å²) in [5.74, 6) is 0. The average molecular weight is 423 g/mol. The zero-order chi connectivity index (χ0) is 21.0. The quantitative estimate of drug-likeness (QED) is 0.344. The maximum absolute atomic E-state index is 12.7. The number of hydrogen-bond acceptors (Lipinski definition) is 4. The molecular weight excluding hydrogens is 396 g/mol. The lowest BCUT2D eigenvalue weighted by Crippen LogP contribution is -2.35. The van der Waals surface area contributed by atoms with Crippen LogP contribution in [0.2, 0.25) is 0 Å². The van der Waals surface area contributed by atoms with Crippen molar-refractivity contribution in [1.82, 2.24) is 20.3 Å². The van der Waals surface area contributed by atoms with E-state index in [4.69, 9.17) is 0 Å². The summed E-state index contributed by atoms with van der Waals surface area (Å²) in [6.07, 6.45) is 5.01. The second-order valence-electron chi connectivity index (χ2n) is 6.70. The topological polar surface area (TPSA) is 89.1 Å². The molecule has 0 bridgehead atoms. The predicted molar refractivity (Wildman–Crippen MR) is 120 cm³/mol. The molecule has 1 heterocycles. The van der Waals surface area contributed by atoms with Crippen molar-refractivity contribution >= 4 is 17.4 Å². The monoisotopic (exact) mass is 422 g/mol. The minimum absolute atomic E-state index is 0.194. The van der Waals surface area contributed by atoms with Gasteiger partial charge in [0.15, 0.2) is 4.90 Å². The van der Waals surface area contributed by atoms with Gasteiger partial charge in [-0.3, -0.25) is 4.98 Å². The van der Waals surface area contributed by atoms with Crippen LogP contribution in [0.3, 0.4) is 0 Å². The molecule has 0 aliphatic heterocycles. The number of nitrogens with one attached hydrogen (secondary N) is 3. The van der Waals surface area contributed by atoms with Crippen LogP contribution in [0.5, 0.6) is 0 Å². The van der Waals surface area contributed by atoms with Crippen LogP contribution in [-0.2, 0) is 17.9 Å². The molecule has 1 atom stereocenters. The first-order valence-corrected chi connectivity index (χ1v) is 11.1. The predicted octanol–water partition coefficient (Wildman–Crippen LogP) is 3.64. The summed E-state index contributed by atoms with van der Waals surface area (Å²) < 4.78 is 15.8. The van der Waals surface area contributed by atoms with Crippen LogP contribution in [0.15, 0.2) is 84.0 Å². The third kappa shape index (κ3) is 6.88. The first-order chi connectivity index (χ1) is 14.7. The van der Waals surface area contributed by atoms with E-state index in [2.05, 4.69) is 20.3 Å². The molecule has 7 heteroatoms. The molecule has 2 aromatic carbocycles. The lowest BCUT2D eigenvalue weighted by molar-refractivity contribution is 0.240. The van der Waals surface area contributed by atoms with E-state index in [0.29, 0.717) is 19.6 Å². The molecule has 0 spiro atoms. The minimum Gasteiger partial charge on any atom is -0.593 e. The number of nitrogens with zero attached hydrogens (tertiary/aromatic N) is 1. The molecule has 0 saturated heterocycles. The van der Waals surface area contributed by atoms with Crippen molar-refractivity contribution in [2.24, 2.45) is 0 Å². The van der Waals surface area contributed by atoms with E-state index < -0.39 is 11.4 Å². The van der Waals surface area contributed by atoms with Gasteiger partial charge in [-0.2, -0.15) is 0 Å². The van der Waals surface area contributed by atoms with Gasteiger partial charge in [0.1, 0.15) is 0 Å². The molecule has 1 aromatic heterocycles. The van der Waals surface area contributed by atoms with Gasteiger partial charge < -0.3 is 15.2 Å². The van der Waals surface area contributed by atoms with Gasteiger partial charge in [-0.15, -0.1) is 4.72 Å². The van der Waals surface area contributed by atoms with Gasteiger partial charge in [0.2, 0.25) is 0 Å². The van der Waals surface area contributed by atoms with E-state index in [1.807, 2.05) is 66.7 Å². The van der Waals surface area contributed by atoms with Gasteiger partial charge in [0.05, 0.1) is 11.4 Å². The van der Waals surface area contributed by atoms with Crippen molar-refractivity contribution < 1.29 is 9.35 Å². The molecule has 3 aromatic rings. The number of pyridine rings is 1. The lowest BCUT2D eigenvalue weighted by Gasteiger charge is -2.14. The molecule has 0 radical (unpaired) electrons. The third-order valence-electron chi connectivity index (χ3n) is 4.50. The molecule has 3 N–H and O–H groups in total. The van der Waals surface area contributed by atoms with E-state index in [0.717, 1.165) is 34.4 Å². The van der Waals surface area contributed by atoms with Crippen LogP contribution < -0.4 is 15.4 Å². The summed E-state index contributed by atoms with van der Waals surface area (Å²) in [7, 11) is 0. The Morgan fingerprint density at radius 1 is 0.867 bits per heavy atom. The van der Waals surface area contributed by atoms with E-state index >= 15 is 0 Å². The highest BCUT2D eigenvalue weighted by Gasteiger charge is 2.16. The van der Waals surface area contributed by atoms with Crippen LogP contribution in [0, 0.1) is 0 Å². The van der Waals surface area contributed by atoms with Crippen molar-refractivity contribution in [3.05, 3.63) is 84.7 Å². The number of hydrogen-bond donors (Lipinski definition) is 3. The Kier molecular flexibility index (Phi) is 8.71. The largest absolute Gasteiger partial charge is 0.593 e. The lowest BCUT2D eigenvalue weighted by atomic mass is 10.1. The number of unbranched alkanes of at least 4 members (excludes halogenated alkanes) is 1. The summed E-state index contributed by atoms with van der Waals surface area (Å²) in [6.45, 7) is 1.64. The van der Waals surface area contributed by atoms with Crippen molar-refractivity contribution in [3.63, 3.8) is 0 Å². The number of urea groups is 1. The summed E-state index contributed by atoms with van der Waals surface area (Å²) in [6, 6.07) is 21.2. The number of benzene rings is 2. The molecule has 0 aliphatic rings. The SMILES string of the molecule is O=C(NCCCCN[S+]([O-])c1ccccc1-c1ccccc1)NCc1ccncc1. The summed E-state index contributed by atoms with van der Waals surface area (Å²) in [5, 5.41) is 5.64. The number of aromatic nitrogens is 1. The van der Waals surface area contributed by atoms with E-state index in [1.54, 1.807) is 12.4 Å². The Balaban J connectivity index is 1.35. The van der Waals surface area contributed by atoms with E-state index in [-0.39, 0.29) is 6.03 Å². The first kappa shape index (κ1) is 21.8. The number of rotatable bonds is 10. The fourth-order valence-electron chi connectivity index (χ4n) is 2.92. The highest BCUT2D eigenvalue weighted by atomic mass is 32.2. The fourth-order valence-corrected chi connectivity index (χ4v) is 4.00. The van der Waals surface area contributed by atoms with Crippen LogP contribution in [0.1, 0.15) is 18.4 Å². The molecular formula is C23H26N4O2S. The maximum atomic E-state index is 12.7. The Bertz CT molecular complexity index is 909. The molecule has 156 valence electrons. The van der Waals surface area contributed by atoms with Crippen LogP contribution >= 0.6 is 0 Å². The Labute approximate surface area is 180 Å². The second-order valence-corrected chi connectivity index (χ2v) is 7.96. The normalized spacial score (nSPS) is 11.6. The van der Waals surface area contributed by atoms with E-state index in [9.17, 15) is 9.35 Å². The molecule has 2 amide bonds. The van der Waals surface area contributed by atoms with Crippen LogP contribution in [0.25, 0.3) is 11.1 Å².